The van der Waals surface area contributed by atoms with E-state index in [0.29, 0.717) is 17.2 Å². The summed E-state index contributed by atoms with van der Waals surface area (Å²) in [7, 11) is 0. The van der Waals surface area contributed by atoms with E-state index in [9.17, 15) is 9.59 Å². The van der Waals surface area contributed by atoms with Gasteiger partial charge in [-0.25, -0.2) is 4.98 Å². The van der Waals surface area contributed by atoms with E-state index in [0.717, 1.165) is 40.5 Å². The van der Waals surface area contributed by atoms with Crippen molar-refractivity contribution in [3.63, 3.8) is 0 Å². The molecule has 0 saturated heterocycles. The van der Waals surface area contributed by atoms with Crippen LogP contribution in [0.1, 0.15) is 28.6 Å². The Bertz CT molecular complexity index is 1450. The topological polar surface area (TPSA) is 91.8 Å². The van der Waals surface area contributed by atoms with E-state index in [-0.39, 0.29) is 11.8 Å². The van der Waals surface area contributed by atoms with Crippen LogP contribution in [0.15, 0.2) is 72.2 Å². The van der Waals surface area contributed by atoms with Crippen molar-refractivity contribution in [2.75, 3.05) is 5.32 Å². The van der Waals surface area contributed by atoms with E-state index in [2.05, 4.69) is 27.5 Å². The number of nitrogens with zero attached hydrogens (tertiary/aromatic N) is 2. The molecule has 1 atom stereocenters. The Morgan fingerprint density at radius 1 is 1.09 bits per heavy atom. The molecule has 3 aromatic heterocycles. The first-order valence-electron chi connectivity index (χ1n) is 11.3. The number of H-pyrrole nitrogens is 1. The molecule has 0 fully saturated rings. The number of aromatic nitrogens is 3. The van der Waals surface area contributed by atoms with Gasteiger partial charge in [-0.2, -0.15) is 0 Å². The normalized spacial score (nSPS) is 12.1. The Hall–Kier alpha value is -3.91. The Morgan fingerprint density at radius 3 is 2.74 bits per heavy atom. The molecule has 2 aromatic carbocycles. The monoisotopic (exact) mass is 471 g/mol. The molecule has 0 saturated carbocycles. The molecule has 3 heterocycles. The van der Waals surface area contributed by atoms with Crippen LogP contribution in [0, 0.1) is 0 Å². The number of benzene rings is 2. The lowest BCUT2D eigenvalue weighted by molar-refractivity contribution is -0.118. The van der Waals surface area contributed by atoms with Crippen molar-refractivity contribution in [1.82, 2.24) is 19.9 Å². The Morgan fingerprint density at radius 2 is 1.91 bits per heavy atom. The first-order valence-corrected chi connectivity index (χ1v) is 12.2. The van der Waals surface area contributed by atoms with Gasteiger partial charge >= 0.3 is 0 Å². The van der Waals surface area contributed by atoms with Crippen LogP contribution in [0.3, 0.4) is 0 Å². The van der Waals surface area contributed by atoms with Crippen LogP contribution in [-0.4, -0.2) is 32.4 Å². The Kier molecular flexibility index (Phi) is 6.14. The molecule has 0 aliphatic rings. The van der Waals surface area contributed by atoms with E-state index in [1.54, 1.807) is 6.07 Å². The number of nitrogens with one attached hydrogen (secondary N) is 3. The van der Waals surface area contributed by atoms with Crippen molar-refractivity contribution in [2.45, 2.75) is 32.4 Å². The first-order chi connectivity index (χ1) is 16.6. The molecule has 1 unspecified atom stereocenters. The van der Waals surface area contributed by atoms with Crippen LogP contribution in [0.2, 0.25) is 0 Å². The predicted octanol–water partition coefficient (Wildman–Crippen LogP) is 4.97. The first kappa shape index (κ1) is 21.9. The van der Waals surface area contributed by atoms with Gasteiger partial charge in [0.05, 0.1) is 15.9 Å². The Balaban J connectivity index is 1.45. The summed E-state index contributed by atoms with van der Waals surface area (Å²) in [6.07, 6.45) is 3.15. The predicted molar refractivity (Wildman–Crippen MR) is 136 cm³/mol. The SMILES string of the molecule is CCCn1c(NC(=O)C(Cc2c[nH]c3ccccc23)NC(=O)c2cccs2)nc2ccccc21. The summed E-state index contributed by atoms with van der Waals surface area (Å²) in [5.74, 6) is -0.0813. The molecule has 0 bridgehead atoms. The van der Waals surface area contributed by atoms with Gasteiger partial charge in [-0.1, -0.05) is 43.3 Å². The fraction of sp³-hybridized carbons (Fsp3) is 0.192. The number of aromatic amines is 1. The summed E-state index contributed by atoms with van der Waals surface area (Å²) in [5, 5.41) is 8.80. The highest BCUT2D eigenvalue weighted by Gasteiger charge is 2.25. The Labute approximate surface area is 200 Å². The lowest BCUT2D eigenvalue weighted by Crippen LogP contribution is -2.45. The summed E-state index contributed by atoms with van der Waals surface area (Å²) >= 11 is 1.34. The summed E-state index contributed by atoms with van der Waals surface area (Å²) < 4.78 is 2.01. The second kappa shape index (κ2) is 9.52. The molecule has 172 valence electrons. The molecule has 0 radical (unpaired) electrons. The number of imidazole rings is 1. The van der Waals surface area contributed by atoms with Gasteiger partial charge in [0.25, 0.3) is 5.91 Å². The van der Waals surface area contributed by atoms with Crippen molar-refractivity contribution in [1.29, 1.82) is 0 Å². The number of hydrogen-bond acceptors (Lipinski definition) is 4. The van der Waals surface area contributed by atoms with Crippen LogP contribution < -0.4 is 10.6 Å². The second-order valence-corrected chi connectivity index (χ2v) is 9.08. The highest BCUT2D eigenvalue weighted by Crippen LogP contribution is 2.22. The van der Waals surface area contributed by atoms with Gasteiger partial charge in [0.1, 0.15) is 6.04 Å². The number of amides is 2. The quantitative estimate of drug-likeness (QED) is 0.298. The van der Waals surface area contributed by atoms with Gasteiger partial charge in [0, 0.05) is 30.1 Å². The molecule has 0 aliphatic heterocycles. The maximum atomic E-state index is 13.5. The fourth-order valence-electron chi connectivity index (χ4n) is 4.19. The number of para-hydroxylation sites is 3. The number of anilines is 1. The third-order valence-corrected chi connectivity index (χ3v) is 6.67. The lowest BCUT2D eigenvalue weighted by atomic mass is 10.0. The number of carbonyl (C=O) groups is 2. The van der Waals surface area contributed by atoms with Crippen LogP contribution in [-0.2, 0) is 17.8 Å². The highest BCUT2D eigenvalue weighted by atomic mass is 32.1. The number of hydrogen-bond donors (Lipinski definition) is 3. The summed E-state index contributed by atoms with van der Waals surface area (Å²) in [4.78, 5) is 34.8. The minimum atomic E-state index is -0.774. The lowest BCUT2D eigenvalue weighted by Gasteiger charge is -2.18. The number of thiophene rings is 1. The minimum Gasteiger partial charge on any atom is -0.361 e. The van der Waals surface area contributed by atoms with Crippen LogP contribution in [0.4, 0.5) is 5.95 Å². The molecule has 3 N–H and O–H groups in total. The van der Waals surface area contributed by atoms with Crippen molar-refractivity contribution in [3.05, 3.63) is 82.7 Å². The molecular weight excluding hydrogens is 446 g/mol. The fourth-order valence-corrected chi connectivity index (χ4v) is 4.81. The maximum absolute atomic E-state index is 13.5. The van der Waals surface area contributed by atoms with Gasteiger partial charge in [-0.15, -0.1) is 11.3 Å². The molecular formula is C26H25N5O2S. The van der Waals surface area contributed by atoms with E-state index >= 15 is 0 Å². The van der Waals surface area contributed by atoms with Crippen LogP contribution in [0.5, 0.6) is 0 Å². The number of carbonyl (C=O) groups excluding carboxylic acids is 2. The third kappa shape index (κ3) is 4.32. The van der Waals surface area contributed by atoms with E-state index in [1.165, 1.54) is 11.3 Å². The molecule has 8 heteroatoms. The average molecular weight is 472 g/mol. The molecule has 7 nitrogen and oxygen atoms in total. The summed E-state index contributed by atoms with van der Waals surface area (Å²) in [5.41, 5.74) is 3.74. The van der Waals surface area contributed by atoms with Gasteiger partial charge in [0.15, 0.2) is 0 Å². The van der Waals surface area contributed by atoms with Crippen molar-refractivity contribution < 1.29 is 9.59 Å². The van der Waals surface area contributed by atoms with Crippen molar-refractivity contribution in [2.24, 2.45) is 0 Å². The van der Waals surface area contributed by atoms with Crippen LogP contribution in [0.25, 0.3) is 21.9 Å². The minimum absolute atomic E-state index is 0.267. The van der Waals surface area contributed by atoms with Gasteiger partial charge < -0.3 is 14.9 Å². The van der Waals surface area contributed by atoms with Gasteiger partial charge in [-0.05, 0) is 41.6 Å². The van der Waals surface area contributed by atoms with Crippen molar-refractivity contribution >= 4 is 51.0 Å². The number of aryl methyl sites for hydroxylation is 1. The molecule has 5 aromatic rings. The maximum Gasteiger partial charge on any atom is 0.262 e. The summed E-state index contributed by atoms with van der Waals surface area (Å²) in [6, 6.07) is 18.5. The number of rotatable bonds is 8. The van der Waals surface area contributed by atoms with E-state index in [4.69, 9.17) is 0 Å². The second-order valence-electron chi connectivity index (χ2n) is 8.13. The smallest absolute Gasteiger partial charge is 0.262 e. The van der Waals surface area contributed by atoms with E-state index in [1.807, 2.05) is 70.7 Å². The van der Waals surface area contributed by atoms with Crippen molar-refractivity contribution in [3.8, 4) is 0 Å². The van der Waals surface area contributed by atoms with Gasteiger partial charge in [-0.3, -0.25) is 14.9 Å². The highest BCUT2D eigenvalue weighted by molar-refractivity contribution is 7.12. The average Bonchev–Trinajstić information content (AvgIpc) is 3.59. The van der Waals surface area contributed by atoms with Gasteiger partial charge in [0.2, 0.25) is 11.9 Å². The molecule has 34 heavy (non-hydrogen) atoms. The number of fused-ring (bicyclic) bond motifs is 2. The third-order valence-electron chi connectivity index (χ3n) is 5.80. The largest absolute Gasteiger partial charge is 0.361 e. The molecule has 5 rings (SSSR count). The molecule has 0 aliphatic carbocycles. The zero-order valence-electron chi connectivity index (χ0n) is 18.7. The molecule has 0 spiro atoms. The zero-order chi connectivity index (χ0) is 23.5. The van der Waals surface area contributed by atoms with E-state index < -0.39 is 6.04 Å². The standard InChI is InChI=1S/C26H25N5O2S/c1-2-13-31-22-11-6-5-10-20(22)29-26(31)30-24(32)21(28-25(33)23-12-7-14-34-23)15-17-16-27-19-9-4-3-8-18(17)19/h3-12,14,16,21,27H,2,13,15H2,1H3,(H,28,33)(H,29,30,32). The van der Waals surface area contributed by atoms with Crippen LogP contribution >= 0.6 is 11.3 Å². The molecule has 2 amide bonds. The zero-order valence-corrected chi connectivity index (χ0v) is 19.6. The summed E-state index contributed by atoms with van der Waals surface area (Å²) in [6.45, 7) is 2.81.